The second-order valence-corrected chi connectivity index (χ2v) is 2.93. The summed E-state index contributed by atoms with van der Waals surface area (Å²) in [4.78, 5) is 14.3. The van der Waals surface area contributed by atoms with Crippen LogP contribution in [-0.2, 0) is 4.79 Å². The minimum absolute atomic E-state index is 0.152. The highest BCUT2D eigenvalue weighted by Crippen LogP contribution is 2.20. The molecule has 0 aliphatic heterocycles. The minimum Gasteiger partial charge on any atom is -0.310 e. The third-order valence-electron chi connectivity index (χ3n) is 1.06. The van der Waals surface area contributed by atoms with Gasteiger partial charge in [-0.1, -0.05) is 0 Å². The lowest BCUT2D eigenvalue weighted by Gasteiger charge is -2.04. The van der Waals surface area contributed by atoms with Crippen molar-refractivity contribution in [1.82, 2.24) is 4.98 Å². The number of nitrogens with zero attached hydrogens (tertiary/aromatic N) is 1. The van der Waals surface area contributed by atoms with Gasteiger partial charge < -0.3 is 5.32 Å². The Balaban J connectivity index is 2.43. The molecule has 7 heteroatoms. The molecule has 0 bridgehead atoms. The van der Waals surface area contributed by atoms with Crippen LogP contribution in [0, 0.1) is 0 Å². The average molecular weight is 210 g/mol. The van der Waals surface area contributed by atoms with Gasteiger partial charge in [-0.25, -0.2) is 4.98 Å². The predicted octanol–water partition coefficient (Wildman–Crippen LogP) is 2.03. The van der Waals surface area contributed by atoms with Crippen LogP contribution < -0.4 is 5.32 Å². The molecule has 0 unspecified atom stereocenters. The molecule has 0 radical (unpaired) electrons. The van der Waals surface area contributed by atoms with Crippen molar-refractivity contribution in [1.29, 1.82) is 0 Å². The summed E-state index contributed by atoms with van der Waals surface area (Å²) in [6.07, 6.45) is -5.95. The molecule has 1 heterocycles. The summed E-state index contributed by atoms with van der Waals surface area (Å²) < 4.78 is 35.0. The summed E-state index contributed by atoms with van der Waals surface area (Å²) >= 11 is 1.19. The molecule has 1 amide bonds. The largest absolute Gasteiger partial charge is 0.397 e. The van der Waals surface area contributed by atoms with Crippen molar-refractivity contribution in [3.63, 3.8) is 0 Å². The van der Waals surface area contributed by atoms with E-state index in [1.807, 2.05) is 5.32 Å². The first-order valence-corrected chi connectivity index (χ1v) is 4.16. The van der Waals surface area contributed by atoms with E-state index in [0.29, 0.717) is 0 Å². The molecule has 0 saturated heterocycles. The normalized spacial score (nSPS) is 11.3. The maximum atomic E-state index is 11.7. The fraction of sp³-hybridized carbons (Fsp3) is 0.333. The number of carbonyl (C=O) groups is 1. The summed E-state index contributed by atoms with van der Waals surface area (Å²) in [7, 11) is 0. The van der Waals surface area contributed by atoms with E-state index < -0.39 is 18.5 Å². The van der Waals surface area contributed by atoms with Gasteiger partial charge in [0.2, 0.25) is 5.91 Å². The average Bonchev–Trinajstić information content (AvgIpc) is 2.34. The Morgan fingerprint density at radius 3 is 2.77 bits per heavy atom. The quantitative estimate of drug-likeness (QED) is 0.811. The number of amides is 1. The Bertz CT molecular complexity index is 283. The van der Waals surface area contributed by atoms with Gasteiger partial charge in [-0.05, 0) is 0 Å². The van der Waals surface area contributed by atoms with Crippen molar-refractivity contribution in [2.45, 2.75) is 12.6 Å². The molecule has 0 saturated carbocycles. The lowest BCUT2D eigenvalue weighted by Crippen LogP contribution is -2.21. The zero-order chi connectivity index (χ0) is 9.90. The lowest BCUT2D eigenvalue weighted by molar-refractivity contribution is -0.150. The van der Waals surface area contributed by atoms with Crippen molar-refractivity contribution >= 4 is 23.1 Å². The molecule has 1 aromatic rings. The molecule has 3 nitrogen and oxygen atoms in total. The summed E-state index contributed by atoms with van der Waals surface area (Å²) in [5.74, 6) is -0.947. The molecule has 13 heavy (non-hydrogen) atoms. The lowest BCUT2D eigenvalue weighted by atomic mass is 10.4. The van der Waals surface area contributed by atoms with Crippen LogP contribution in [-0.4, -0.2) is 17.1 Å². The number of alkyl halides is 3. The maximum Gasteiger partial charge on any atom is 0.397 e. The number of hydrogen-bond donors (Lipinski definition) is 1. The van der Waals surface area contributed by atoms with Crippen molar-refractivity contribution < 1.29 is 18.0 Å². The summed E-state index contributed by atoms with van der Waals surface area (Å²) in [5.41, 5.74) is 1.42. The zero-order valence-electron chi connectivity index (χ0n) is 6.26. The Labute approximate surface area is 75.6 Å². The van der Waals surface area contributed by atoms with Gasteiger partial charge in [0.05, 0.1) is 5.51 Å². The number of carbonyl (C=O) groups excluding carboxylic acids is 1. The van der Waals surface area contributed by atoms with Gasteiger partial charge in [0, 0.05) is 5.38 Å². The Kier molecular flexibility index (Phi) is 2.86. The smallest absolute Gasteiger partial charge is 0.310 e. The number of hydrogen-bond acceptors (Lipinski definition) is 3. The molecule has 0 fully saturated rings. The van der Waals surface area contributed by atoms with Crippen molar-refractivity contribution in [2.24, 2.45) is 0 Å². The van der Waals surface area contributed by atoms with E-state index >= 15 is 0 Å². The van der Waals surface area contributed by atoms with Gasteiger partial charge in [0.15, 0.2) is 0 Å². The van der Waals surface area contributed by atoms with Gasteiger partial charge >= 0.3 is 6.18 Å². The minimum atomic E-state index is -4.47. The highest BCUT2D eigenvalue weighted by molar-refractivity contribution is 7.07. The molecule has 0 aliphatic carbocycles. The molecular weight excluding hydrogens is 205 g/mol. The first-order valence-electron chi connectivity index (χ1n) is 3.22. The summed E-state index contributed by atoms with van der Waals surface area (Å²) in [5, 5.41) is 3.47. The number of halogens is 3. The molecule has 1 aromatic heterocycles. The highest BCUT2D eigenvalue weighted by atomic mass is 32.1. The van der Waals surface area contributed by atoms with Crippen LogP contribution in [0.1, 0.15) is 6.42 Å². The Morgan fingerprint density at radius 1 is 1.62 bits per heavy atom. The fourth-order valence-corrected chi connectivity index (χ4v) is 1.13. The van der Waals surface area contributed by atoms with Crippen LogP contribution in [0.4, 0.5) is 19.0 Å². The third-order valence-corrected chi connectivity index (χ3v) is 1.65. The van der Waals surface area contributed by atoms with Crippen LogP contribution in [0.3, 0.4) is 0 Å². The zero-order valence-corrected chi connectivity index (χ0v) is 7.08. The Hall–Kier alpha value is -1.11. The van der Waals surface area contributed by atoms with E-state index in [1.54, 1.807) is 0 Å². The van der Waals surface area contributed by atoms with Gasteiger partial charge in [-0.15, -0.1) is 11.3 Å². The SMILES string of the molecule is O=C(CC(F)(F)F)Nc1cscn1. The predicted molar refractivity (Wildman–Crippen MR) is 41.4 cm³/mol. The van der Waals surface area contributed by atoms with Gasteiger partial charge in [-0.2, -0.15) is 13.2 Å². The van der Waals surface area contributed by atoms with Gasteiger partial charge in [0.25, 0.3) is 0 Å². The van der Waals surface area contributed by atoms with Crippen molar-refractivity contribution in [2.75, 3.05) is 5.32 Å². The number of aromatic nitrogens is 1. The third kappa shape index (κ3) is 3.88. The van der Waals surface area contributed by atoms with Crippen LogP contribution >= 0.6 is 11.3 Å². The van der Waals surface area contributed by atoms with Crippen LogP contribution in [0.5, 0.6) is 0 Å². The highest BCUT2D eigenvalue weighted by Gasteiger charge is 2.31. The molecule has 1 N–H and O–H groups in total. The van der Waals surface area contributed by atoms with Crippen molar-refractivity contribution in [3.8, 4) is 0 Å². The summed E-state index contributed by atoms with van der Waals surface area (Å²) in [6.45, 7) is 0. The topological polar surface area (TPSA) is 42.0 Å². The van der Waals surface area contributed by atoms with E-state index in [-0.39, 0.29) is 5.82 Å². The first kappa shape index (κ1) is 9.97. The van der Waals surface area contributed by atoms with E-state index in [1.165, 1.54) is 22.2 Å². The van der Waals surface area contributed by atoms with E-state index in [9.17, 15) is 18.0 Å². The van der Waals surface area contributed by atoms with E-state index in [2.05, 4.69) is 4.98 Å². The second kappa shape index (κ2) is 3.73. The van der Waals surface area contributed by atoms with E-state index in [0.717, 1.165) is 0 Å². The number of anilines is 1. The molecular formula is C6H5F3N2OS. The second-order valence-electron chi connectivity index (χ2n) is 2.21. The molecule has 72 valence electrons. The van der Waals surface area contributed by atoms with E-state index in [4.69, 9.17) is 0 Å². The fourth-order valence-electron chi connectivity index (χ4n) is 0.643. The molecule has 0 aromatic carbocycles. The van der Waals surface area contributed by atoms with Crippen LogP contribution in [0.15, 0.2) is 10.9 Å². The van der Waals surface area contributed by atoms with Crippen molar-refractivity contribution in [3.05, 3.63) is 10.9 Å². The monoisotopic (exact) mass is 210 g/mol. The molecule has 0 aliphatic rings. The summed E-state index contributed by atoms with van der Waals surface area (Å²) in [6, 6.07) is 0. The number of thiazole rings is 1. The Morgan fingerprint density at radius 2 is 2.31 bits per heavy atom. The van der Waals surface area contributed by atoms with Crippen LogP contribution in [0.2, 0.25) is 0 Å². The molecule has 0 atom stereocenters. The molecule has 1 rings (SSSR count). The first-order chi connectivity index (χ1) is 5.97. The van der Waals surface area contributed by atoms with Crippen LogP contribution in [0.25, 0.3) is 0 Å². The van der Waals surface area contributed by atoms with Gasteiger partial charge in [-0.3, -0.25) is 4.79 Å². The number of rotatable bonds is 2. The molecule has 0 spiro atoms. The van der Waals surface area contributed by atoms with Gasteiger partial charge in [0.1, 0.15) is 12.2 Å². The number of nitrogens with one attached hydrogen (secondary N) is 1. The maximum absolute atomic E-state index is 11.7. The standard InChI is InChI=1S/C6H5F3N2OS/c7-6(8,9)1-5(12)11-4-2-13-3-10-4/h2-3H,1H2,(H,11,12).